The Labute approximate surface area is 109 Å². The largest absolute Gasteiger partial charge is 0.234 e. The number of pyridine rings is 1. The molecule has 0 unspecified atom stereocenters. The Morgan fingerprint density at radius 1 is 1.19 bits per heavy atom. The van der Waals surface area contributed by atoms with E-state index in [0.717, 1.165) is 22.9 Å². The molecular formula is C12H10Cl3N. The molecule has 0 spiro atoms. The molecule has 0 atom stereocenters. The molecule has 16 heavy (non-hydrogen) atoms. The maximum absolute atomic E-state index is 6.24. The standard InChI is InChI=1S/C12H10Cl3N/c1-3-7-5-8-10(14)6(2)4-9(13)11(8)16-12(7)15/h4-5H,3H2,1-2H3. The van der Waals surface area contributed by atoms with Crippen molar-refractivity contribution in [1.82, 2.24) is 4.98 Å². The molecule has 0 bridgehead atoms. The van der Waals surface area contributed by atoms with Gasteiger partial charge in [0.1, 0.15) is 5.15 Å². The van der Waals surface area contributed by atoms with Gasteiger partial charge in [-0.15, -0.1) is 0 Å². The molecule has 0 N–H and O–H groups in total. The minimum absolute atomic E-state index is 0.497. The molecule has 0 aliphatic heterocycles. The monoisotopic (exact) mass is 273 g/mol. The third-order valence-corrected chi connectivity index (χ3v) is 3.70. The first-order valence-electron chi connectivity index (χ1n) is 4.98. The molecule has 0 saturated heterocycles. The van der Waals surface area contributed by atoms with Crippen molar-refractivity contribution in [3.63, 3.8) is 0 Å². The van der Waals surface area contributed by atoms with E-state index < -0.39 is 0 Å². The maximum atomic E-state index is 6.24. The van der Waals surface area contributed by atoms with E-state index in [9.17, 15) is 0 Å². The highest BCUT2D eigenvalue weighted by molar-refractivity contribution is 6.41. The van der Waals surface area contributed by atoms with Crippen molar-refractivity contribution >= 4 is 45.7 Å². The van der Waals surface area contributed by atoms with E-state index in [-0.39, 0.29) is 0 Å². The van der Waals surface area contributed by atoms with Crippen molar-refractivity contribution < 1.29 is 0 Å². The Hall–Kier alpha value is -0.500. The molecule has 1 aromatic heterocycles. The number of hydrogen-bond donors (Lipinski definition) is 0. The van der Waals surface area contributed by atoms with Gasteiger partial charge in [0.25, 0.3) is 0 Å². The number of aromatic nitrogens is 1. The number of nitrogens with zero attached hydrogens (tertiary/aromatic N) is 1. The number of aryl methyl sites for hydroxylation is 2. The lowest BCUT2D eigenvalue weighted by Crippen LogP contribution is -1.91. The van der Waals surface area contributed by atoms with Crippen LogP contribution in [-0.4, -0.2) is 4.98 Å². The number of fused-ring (bicyclic) bond motifs is 1. The van der Waals surface area contributed by atoms with Crippen molar-refractivity contribution in [3.05, 3.63) is 38.5 Å². The van der Waals surface area contributed by atoms with Gasteiger partial charge in [0.15, 0.2) is 0 Å². The van der Waals surface area contributed by atoms with Crippen LogP contribution in [0, 0.1) is 6.92 Å². The van der Waals surface area contributed by atoms with Crippen LogP contribution >= 0.6 is 34.8 Å². The Kier molecular flexibility index (Phi) is 3.29. The lowest BCUT2D eigenvalue weighted by molar-refractivity contribution is 1.12. The van der Waals surface area contributed by atoms with Crippen LogP contribution in [0.5, 0.6) is 0 Å². The second kappa shape index (κ2) is 4.40. The zero-order valence-corrected chi connectivity index (χ0v) is 11.2. The number of benzene rings is 1. The van der Waals surface area contributed by atoms with E-state index in [1.165, 1.54) is 0 Å². The van der Waals surface area contributed by atoms with Gasteiger partial charge in [-0.25, -0.2) is 4.98 Å². The summed E-state index contributed by atoms with van der Waals surface area (Å²) >= 11 is 18.4. The zero-order chi connectivity index (χ0) is 11.9. The highest BCUT2D eigenvalue weighted by Crippen LogP contribution is 2.34. The van der Waals surface area contributed by atoms with E-state index in [1.807, 2.05) is 19.9 Å². The average molecular weight is 275 g/mol. The van der Waals surface area contributed by atoms with Gasteiger partial charge in [0.2, 0.25) is 0 Å². The first kappa shape index (κ1) is 12.0. The minimum Gasteiger partial charge on any atom is -0.234 e. The molecule has 0 radical (unpaired) electrons. The van der Waals surface area contributed by atoms with E-state index in [4.69, 9.17) is 34.8 Å². The molecule has 4 heteroatoms. The molecule has 0 aliphatic rings. The molecular weight excluding hydrogens is 264 g/mol. The average Bonchev–Trinajstić information content (AvgIpc) is 2.25. The summed E-state index contributed by atoms with van der Waals surface area (Å²) in [6, 6.07) is 3.77. The van der Waals surface area contributed by atoms with E-state index in [0.29, 0.717) is 20.7 Å². The molecule has 2 rings (SSSR count). The minimum atomic E-state index is 0.497. The van der Waals surface area contributed by atoms with Crippen molar-refractivity contribution in [2.24, 2.45) is 0 Å². The SMILES string of the molecule is CCc1cc2c(Cl)c(C)cc(Cl)c2nc1Cl. The lowest BCUT2D eigenvalue weighted by Gasteiger charge is -2.08. The van der Waals surface area contributed by atoms with Gasteiger partial charge < -0.3 is 0 Å². The quantitative estimate of drug-likeness (QED) is 0.662. The number of halogens is 3. The van der Waals surface area contributed by atoms with E-state index >= 15 is 0 Å². The van der Waals surface area contributed by atoms with Crippen LogP contribution in [0.4, 0.5) is 0 Å². The molecule has 0 fully saturated rings. The molecule has 1 aromatic carbocycles. The Balaban J connectivity index is 2.90. The highest BCUT2D eigenvalue weighted by Gasteiger charge is 2.11. The predicted molar refractivity (Wildman–Crippen MR) is 70.9 cm³/mol. The van der Waals surface area contributed by atoms with Crippen molar-refractivity contribution in [2.45, 2.75) is 20.3 Å². The second-order valence-electron chi connectivity index (χ2n) is 3.68. The van der Waals surface area contributed by atoms with E-state index in [1.54, 1.807) is 6.07 Å². The van der Waals surface area contributed by atoms with Crippen LogP contribution in [0.25, 0.3) is 10.9 Å². The number of rotatable bonds is 1. The van der Waals surface area contributed by atoms with Gasteiger partial charge >= 0.3 is 0 Å². The first-order chi connectivity index (χ1) is 7.54. The molecule has 0 saturated carbocycles. The summed E-state index contributed by atoms with van der Waals surface area (Å²) in [5.74, 6) is 0. The summed E-state index contributed by atoms with van der Waals surface area (Å²) in [5.41, 5.74) is 2.60. The summed E-state index contributed by atoms with van der Waals surface area (Å²) in [6.45, 7) is 3.95. The van der Waals surface area contributed by atoms with Gasteiger partial charge in [0.05, 0.1) is 15.6 Å². The fourth-order valence-electron chi connectivity index (χ4n) is 1.66. The van der Waals surface area contributed by atoms with Crippen LogP contribution in [0.3, 0.4) is 0 Å². The first-order valence-corrected chi connectivity index (χ1v) is 6.11. The molecule has 0 amide bonds. The maximum Gasteiger partial charge on any atom is 0.133 e. The molecule has 2 aromatic rings. The van der Waals surface area contributed by atoms with Crippen LogP contribution in [-0.2, 0) is 6.42 Å². The Morgan fingerprint density at radius 2 is 1.88 bits per heavy atom. The van der Waals surface area contributed by atoms with Gasteiger partial charge in [-0.1, -0.05) is 41.7 Å². The van der Waals surface area contributed by atoms with Gasteiger partial charge in [-0.05, 0) is 36.6 Å². The molecule has 1 nitrogen and oxygen atoms in total. The van der Waals surface area contributed by atoms with Gasteiger partial charge in [0, 0.05) is 5.39 Å². The van der Waals surface area contributed by atoms with Crippen LogP contribution in [0.1, 0.15) is 18.1 Å². The summed E-state index contributed by atoms with van der Waals surface area (Å²) in [7, 11) is 0. The van der Waals surface area contributed by atoms with Gasteiger partial charge in [-0.3, -0.25) is 0 Å². The Morgan fingerprint density at radius 3 is 2.50 bits per heavy atom. The molecule has 0 aliphatic carbocycles. The fourth-order valence-corrected chi connectivity index (χ4v) is 2.44. The van der Waals surface area contributed by atoms with Crippen LogP contribution in [0.2, 0.25) is 15.2 Å². The second-order valence-corrected chi connectivity index (χ2v) is 4.82. The summed E-state index contributed by atoms with van der Waals surface area (Å²) in [5, 5.41) is 2.64. The molecule has 84 valence electrons. The number of hydrogen-bond acceptors (Lipinski definition) is 1. The fraction of sp³-hybridized carbons (Fsp3) is 0.250. The lowest BCUT2D eigenvalue weighted by atomic mass is 10.1. The van der Waals surface area contributed by atoms with Crippen molar-refractivity contribution in [3.8, 4) is 0 Å². The van der Waals surface area contributed by atoms with Gasteiger partial charge in [-0.2, -0.15) is 0 Å². The van der Waals surface area contributed by atoms with Crippen LogP contribution < -0.4 is 0 Å². The highest BCUT2D eigenvalue weighted by atomic mass is 35.5. The summed E-state index contributed by atoms with van der Waals surface area (Å²) < 4.78 is 0. The van der Waals surface area contributed by atoms with Crippen molar-refractivity contribution in [2.75, 3.05) is 0 Å². The smallest absolute Gasteiger partial charge is 0.133 e. The summed E-state index contributed by atoms with van der Waals surface area (Å²) in [6.07, 6.45) is 0.823. The zero-order valence-electron chi connectivity index (χ0n) is 8.94. The Bertz CT molecular complexity index is 564. The summed E-state index contributed by atoms with van der Waals surface area (Å²) in [4.78, 5) is 4.30. The van der Waals surface area contributed by atoms with E-state index in [2.05, 4.69) is 4.98 Å². The topological polar surface area (TPSA) is 12.9 Å². The third-order valence-electron chi connectivity index (χ3n) is 2.58. The molecule has 1 heterocycles. The normalized spacial score (nSPS) is 11.1. The third kappa shape index (κ3) is 1.88. The van der Waals surface area contributed by atoms with Crippen molar-refractivity contribution in [1.29, 1.82) is 0 Å². The van der Waals surface area contributed by atoms with Crippen LogP contribution in [0.15, 0.2) is 12.1 Å². The predicted octanol–water partition coefficient (Wildman–Crippen LogP) is 5.07.